The Morgan fingerprint density at radius 3 is 2.72 bits per heavy atom. The van der Waals surface area contributed by atoms with Crippen molar-refractivity contribution < 1.29 is 14.8 Å². The minimum atomic E-state index is -0.955. The summed E-state index contributed by atoms with van der Waals surface area (Å²) in [5.74, 6) is -0.567. The largest absolute Gasteiger partial charge is 0.481 e. The Morgan fingerprint density at radius 2 is 2.28 bits per heavy atom. The fourth-order valence-corrected chi connectivity index (χ4v) is 1.52. The molecule has 0 aliphatic rings. The molecule has 0 aliphatic carbocycles. The smallest absolute Gasteiger partial charge is 0.310 e. The number of carboxylic acids is 1. The summed E-state index contributed by atoms with van der Waals surface area (Å²) in [7, 11) is 0. The minimum absolute atomic E-state index is 0.134. The molecule has 1 rings (SSSR count). The summed E-state index contributed by atoms with van der Waals surface area (Å²) in [5, 5.41) is 22.3. The lowest BCUT2D eigenvalue weighted by Gasteiger charge is -2.20. The second-order valence-electron chi connectivity index (χ2n) is 4.32. The fraction of sp³-hybridized carbons (Fsp3) is 0.400. The predicted octanol–water partition coefficient (Wildman–Crippen LogP) is 2.27. The molecule has 0 radical (unpaired) electrons. The van der Waals surface area contributed by atoms with Gasteiger partial charge in [0.2, 0.25) is 0 Å². The molecule has 0 bridgehead atoms. The maximum absolute atomic E-state index is 10.9. The van der Waals surface area contributed by atoms with Crippen molar-refractivity contribution in [3.63, 3.8) is 0 Å². The SMILES string of the molecule is CC(C)(CNc1ncc([N+](=O)[O-])cc1Br)C(=O)O. The first-order valence-corrected chi connectivity index (χ1v) is 5.80. The van der Waals surface area contributed by atoms with Gasteiger partial charge in [0.05, 0.1) is 14.8 Å². The van der Waals surface area contributed by atoms with Gasteiger partial charge in [0.15, 0.2) is 0 Å². The van der Waals surface area contributed by atoms with E-state index in [0.717, 1.165) is 6.20 Å². The average Bonchev–Trinajstić information content (AvgIpc) is 2.26. The van der Waals surface area contributed by atoms with Crippen molar-refractivity contribution in [1.29, 1.82) is 0 Å². The molecule has 0 spiro atoms. The maximum atomic E-state index is 10.9. The molecule has 98 valence electrons. The van der Waals surface area contributed by atoms with Gasteiger partial charge in [0.25, 0.3) is 5.69 Å². The molecule has 0 unspecified atom stereocenters. The molecule has 7 nitrogen and oxygen atoms in total. The number of aromatic nitrogens is 1. The molecule has 0 saturated carbocycles. The number of carboxylic acid groups (broad SMARTS) is 1. The number of pyridine rings is 1. The van der Waals surface area contributed by atoms with Crippen molar-refractivity contribution >= 4 is 33.4 Å². The normalized spacial score (nSPS) is 11.1. The van der Waals surface area contributed by atoms with Crippen LogP contribution >= 0.6 is 15.9 Å². The van der Waals surface area contributed by atoms with Crippen LogP contribution in [0.5, 0.6) is 0 Å². The third-order valence-electron chi connectivity index (χ3n) is 2.31. The molecule has 1 aromatic rings. The highest BCUT2D eigenvalue weighted by Crippen LogP contribution is 2.25. The van der Waals surface area contributed by atoms with Crippen LogP contribution in [0.2, 0.25) is 0 Å². The van der Waals surface area contributed by atoms with Crippen molar-refractivity contribution in [2.75, 3.05) is 11.9 Å². The van der Waals surface area contributed by atoms with Gasteiger partial charge < -0.3 is 10.4 Å². The molecule has 0 aromatic carbocycles. The molecule has 18 heavy (non-hydrogen) atoms. The van der Waals surface area contributed by atoms with Crippen molar-refractivity contribution in [2.24, 2.45) is 5.41 Å². The van der Waals surface area contributed by atoms with E-state index in [0.29, 0.717) is 10.3 Å². The molecule has 0 aliphatic heterocycles. The first-order chi connectivity index (χ1) is 8.24. The summed E-state index contributed by atoms with van der Waals surface area (Å²) >= 11 is 3.14. The van der Waals surface area contributed by atoms with Crippen molar-refractivity contribution in [1.82, 2.24) is 4.98 Å². The highest BCUT2D eigenvalue weighted by Gasteiger charge is 2.27. The van der Waals surface area contributed by atoms with Crippen LogP contribution in [0.25, 0.3) is 0 Å². The van der Waals surface area contributed by atoms with Crippen molar-refractivity contribution in [3.8, 4) is 0 Å². The number of nitrogens with zero attached hydrogens (tertiary/aromatic N) is 2. The van der Waals surface area contributed by atoms with Gasteiger partial charge in [-0.05, 0) is 29.8 Å². The van der Waals surface area contributed by atoms with E-state index in [9.17, 15) is 14.9 Å². The third-order valence-corrected chi connectivity index (χ3v) is 2.92. The van der Waals surface area contributed by atoms with E-state index in [-0.39, 0.29) is 12.2 Å². The fourth-order valence-electron chi connectivity index (χ4n) is 1.04. The Labute approximate surface area is 112 Å². The molecular formula is C10H12BrN3O4. The Kier molecular flexibility index (Phi) is 4.23. The van der Waals surface area contributed by atoms with Crippen molar-refractivity contribution in [3.05, 3.63) is 26.9 Å². The van der Waals surface area contributed by atoms with Gasteiger partial charge in [-0.2, -0.15) is 0 Å². The van der Waals surface area contributed by atoms with Crippen LogP contribution in [0.1, 0.15) is 13.8 Å². The van der Waals surface area contributed by atoms with Crippen LogP contribution in [0.3, 0.4) is 0 Å². The van der Waals surface area contributed by atoms with Crippen LogP contribution in [0.4, 0.5) is 11.5 Å². The molecular weight excluding hydrogens is 306 g/mol. The topological polar surface area (TPSA) is 105 Å². The van der Waals surface area contributed by atoms with E-state index in [2.05, 4.69) is 26.2 Å². The molecule has 1 heterocycles. The van der Waals surface area contributed by atoms with E-state index < -0.39 is 16.3 Å². The highest BCUT2D eigenvalue weighted by atomic mass is 79.9. The number of carbonyl (C=O) groups is 1. The number of rotatable bonds is 5. The summed E-state index contributed by atoms with van der Waals surface area (Å²) in [4.78, 5) is 24.7. The summed E-state index contributed by atoms with van der Waals surface area (Å²) in [6, 6.07) is 1.31. The number of halogens is 1. The number of nitro groups is 1. The second-order valence-corrected chi connectivity index (χ2v) is 5.18. The van der Waals surface area contributed by atoms with Gasteiger partial charge >= 0.3 is 5.97 Å². The zero-order chi connectivity index (χ0) is 13.9. The Balaban J connectivity index is 2.81. The molecule has 8 heteroatoms. The van der Waals surface area contributed by atoms with Crippen LogP contribution in [-0.2, 0) is 4.79 Å². The summed E-state index contributed by atoms with van der Waals surface area (Å²) in [5.41, 5.74) is -1.09. The first kappa shape index (κ1) is 14.4. The molecule has 1 aromatic heterocycles. The van der Waals surface area contributed by atoms with Gasteiger partial charge in [-0.3, -0.25) is 14.9 Å². The first-order valence-electron chi connectivity index (χ1n) is 5.01. The van der Waals surface area contributed by atoms with E-state index in [1.807, 2.05) is 0 Å². The van der Waals surface area contributed by atoms with E-state index in [4.69, 9.17) is 5.11 Å². The van der Waals surface area contributed by atoms with Gasteiger partial charge in [0, 0.05) is 12.6 Å². The Morgan fingerprint density at radius 1 is 1.67 bits per heavy atom. The lowest BCUT2D eigenvalue weighted by atomic mass is 9.94. The predicted molar refractivity (Wildman–Crippen MR) is 68.5 cm³/mol. The summed E-state index contributed by atoms with van der Waals surface area (Å²) in [6.45, 7) is 3.30. The number of aliphatic carboxylic acids is 1. The van der Waals surface area contributed by atoms with Crippen LogP contribution in [0, 0.1) is 15.5 Å². The summed E-state index contributed by atoms with van der Waals surface area (Å²) < 4.78 is 0.415. The van der Waals surface area contributed by atoms with Gasteiger partial charge in [-0.1, -0.05) is 0 Å². The summed E-state index contributed by atoms with van der Waals surface area (Å²) in [6.07, 6.45) is 1.11. The van der Waals surface area contributed by atoms with Crippen LogP contribution in [0.15, 0.2) is 16.7 Å². The number of anilines is 1. The quantitative estimate of drug-likeness (QED) is 0.637. The molecule has 0 saturated heterocycles. The zero-order valence-corrected chi connectivity index (χ0v) is 11.4. The van der Waals surface area contributed by atoms with Crippen LogP contribution in [-0.4, -0.2) is 27.5 Å². The Bertz CT molecular complexity index is 490. The highest BCUT2D eigenvalue weighted by molar-refractivity contribution is 9.10. The molecule has 0 atom stereocenters. The number of hydrogen-bond acceptors (Lipinski definition) is 5. The van der Waals surface area contributed by atoms with Crippen LogP contribution < -0.4 is 5.32 Å². The van der Waals surface area contributed by atoms with E-state index in [1.165, 1.54) is 6.07 Å². The number of nitrogens with one attached hydrogen (secondary N) is 1. The molecule has 0 amide bonds. The number of hydrogen-bond donors (Lipinski definition) is 2. The molecule has 2 N–H and O–H groups in total. The maximum Gasteiger partial charge on any atom is 0.310 e. The lowest BCUT2D eigenvalue weighted by Crippen LogP contribution is -2.32. The average molecular weight is 318 g/mol. The molecule has 0 fully saturated rings. The van der Waals surface area contributed by atoms with Gasteiger partial charge in [-0.15, -0.1) is 0 Å². The second kappa shape index (κ2) is 5.30. The monoisotopic (exact) mass is 317 g/mol. The standard InChI is InChI=1S/C10H12BrN3O4/c1-10(2,9(15)16)5-13-8-7(11)3-6(4-12-8)14(17)18/h3-4H,5H2,1-2H3,(H,12,13)(H,15,16). The van der Waals surface area contributed by atoms with Crippen molar-refractivity contribution in [2.45, 2.75) is 13.8 Å². The zero-order valence-electron chi connectivity index (χ0n) is 9.81. The van der Waals surface area contributed by atoms with Gasteiger partial charge in [-0.25, -0.2) is 4.98 Å². The Hall–Kier alpha value is -1.70. The lowest BCUT2D eigenvalue weighted by molar-refractivity contribution is -0.385. The van der Waals surface area contributed by atoms with E-state index in [1.54, 1.807) is 13.8 Å². The minimum Gasteiger partial charge on any atom is -0.481 e. The third kappa shape index (κ3) is 3.39. The van der Waals surface area contributed by atoms with Gasteiger partial charge in [0.1, 0.15) is 12.0 Å². The van der Waals surface area contributed by atoms with E-state index >= 15 is 0 Å².